The Kier molecular flexibility index (Phi) is 4.47. The summed E-state index contributed by atoms with van der Waals surface area (Å²) in [6.07, 6.45) is 4.23. The van der Waals surface area contributed by atoms with E-state index in [2.05, 4.69) is 15.0 Å². The molecule has 0 unspecified atom stereocenters. The first-order valence-corrected chi connectivity index (χ1v) is 8.11. The molecule has 1 atom stereocenters. The molecular weight excluding hydrogens is 357 g/mol. The summed E-state index contributed by atoms with van der Waals surface area (Å²) in [5.74, 6) is -0.564. The minimum Gasteiger partial charge on any atom is -0.443 e. The Labute approximate surface area is 152 Å². The summed E-state index contributed by atoms with van der Waals surface area (Å²) < 4.78 is 25.7. The van der Waals surface area contributed by atoms with Crippen LogP contribution in [0.15, 0.2) is 42.9 Å². The number of nitro groups is 1. The van der Waals surface area contributed by atoms with Crippen LogP contribution < -0.4 is 4.74 Å². The Morgan fingerprint density at radius 3 is 2.81 bits per heavy atom. The third-order valence-electron chi connectivity index (χ3n) is 4.03. The fourth-order valence-electron chi connectivity index (χ4n) is 2.66. The van der Waals surface area contributed by atoms with Crippen LogP contribution in [0.2, 0.25) is 0 Å². The molecule has 0 amide bonds. The Bertz CT molecular complexity index is 958. The number of hydrogen-bond donors (Lipinski definition) is 0. The molecule has 0 radical (unpaired) electrons. The number of halogens is 1. The molecule has 0 N–H and O–H groups in total. The second-order valence-electron chi connectivity index (χ2n) is 5.94. The predicted octanol–water partition coefficient (Wildman–Crippen LogP) is 2.37. The zero-order valence-electron chi connectivity index (χ0n) is 14.0. The molecule has 1 aliphatic rings. The summed E-state index contributed by atoms with van der Waals surface area (Å²) in [6.45, 7) is 0.864. The quantitative estimate of drug-likeness (QED) is 0.501. The Morgan fingerprint density at radius 2 is 2.11 bits per heavy atom. The van der Waals surface area contributed by atoms with Crippen LogP contribution in [-0.2, 0) is 17.9 Å². The fourth-order valence-corrected chi connectivity index (χ4v) is 2.66. The van der Waals surface area contributed by atoms with Gasteiger partial charge in [0.1, 0.15) is 24.7 Å². The molecule has 0 saturated carbocycles. The molecule has 4 rings (SSSR count). The highest BCUT2D eigenvalue weighted by Gasteiger charge is 2.28. The van der Waals surface area contributed by atoms with Crippen molar-refractivity contribution < 1.29 is 18.8 Å². The van der Waals surface area contributed by atoms with Crippen LogP contribution in [-0.4, -0.2) is 37.2 Å². The van der Waals surface area contributed by atoms with Crippen molar-refractivity contribution >= 4 is 5.82 Å². The Morgan fingerprint density at radius 1 is 1.30 bits per heavy atom. The lowest BCUT2D eigenvalue weighted by atomic mass is 10.1. The van der Waals surface area contributed by atoms with Crippen LogP contribution in [0.1, 0.15) is 5.69 Å². The number of hydrogen-bond acceptors (Lipinski definition) is 7. The van der Waals surface area contributed by atoms with E-state index in [1.807, 2.05) is 0 Å². The number of nitrogens with zero attached hydrogens (tertiary/aromatic N) is 5. The van der Waals surface area contributed by atoms with Crippen molar-refractivity contribution in [3.05, 3.63) is 64.5 Å². The molecule has 0 bridgehead atoms. The summed E-state index contributed by atoms with van der Waals surface area (Å²) in [7, 11) is 0. The summed E-state index contributed by atoms with van der Waals surface area (Å²) in [4.78, 5) is 22.6. The predicted molar refractivity (Wildman–Crippen MR) is 90.4 cm³/mol. The molecule has 1 aliphatic heterocycles. The van der Waals surface area contributed by atoms with Crippen molar-refractivity contribution in [3.63, 3.8) is 0 Å². The van der Waals surface area contributed by atoms with E-state index < -0.39 is 4.92 Å². The van der Waals surface area contributed by atoms with Gasteiger partial charge in [-0.2, -0.15) is 0 Å². The van der Waals surface area contributed by atoms with Crippen LogP contribution in [0.5, 0.6) is 6.01 Å². The van der Waals surface area contributed by atoms with Gasteiger partial charge in [0.05, 0.1) is 36.9 Å². The number of benzene rings is 1. The Hall–Kier alpha value is -3.40. The minimum atomic E-state index is -0.567. The van der Waals surface area contributed by atoms with E-state index in [0.717, 1.165) is 5.56 Å². The van der Waals surface area contributed by atoms with E-state index in [1.165, 1.54) is 18.3 Å². The summed E-state index contributed by atoms with van der Waals surface area (Å²) in [6, 6.07) is 6.22. The van der Waals surface area contributed by atoms with Crippen LogP contribution in [0.4, 0.5) is 10.2 Å². The van der Waals surface area contributed by atoms with E-state index in [9.17, 15) is 14.5 Å². The van der Waals surface area contributed by atoms with Crippen LogP contribution in [0, 0.1) is 15.9 Å². The van der Waals surface area contributed by atoms with Gasteiger partial charge in [-0.25, -0.2) is 4.39 Å². The average molecular weight is 371 g/mol. The van der Waals surface area contributed by atoms with Gasteiger partial charge >= 0.3 is 11.8 Å². The van der Waals surface area contributed by atoms with Gasteiger partial charge in [-0.05, 0) is 29.2 Å². The fraction of sp³-hybridized carbons (Fsp3) is 0.235. The van der Waals surface area contributed by atoms with Crippen molar-refractivity contribution in [2.75, 3.05) is 6.61 Å². The van der Waals surface area contributed by atoms with E-state index >= 15 is 0 Å². The highest BCUT2D eigenvalue weighted by molar-refractivity contribution is 5.57. The van der Waals surface area contributed by atoms with Gasteiger partial charge in [0, 0.05) is 10.5 Å². The first kappa shape index (κ1) is 17.0. The monoisotopic (exact) mass is 371 g/mol. The Balaban J connectivity index is 1.36. The van der Waals surface area contributed by atoms with Crippen LogP contribution in [0.25, 0.3) is 11.3 Å². The SMILES string of the molecule is O=[N+]([O-])c1cn2c(n1)OC[C@@H](OCc1cnc(-c3ccc(F)cc3)cn1)C2. The highest BCUT2D eigenvalue weighted by Crippen LogP contribution is 2.23. The average Bonchev–Trinajstić information content (AvgIpc) is 3.11. The molecule has 138 valence electrons. The number of aromatic nitrogens is 4. The van der Waals surface area contributed by atoms with Crippen molar-refractivity contribution in [3.8, 4) is 17.3 Å². The van der Waals surface area contributed by atoms with Gasteiger partial charge in [0.15, 0.2) is 0 Å². The molecule has 0 fully saturated rings. The maximum absolute atomic E-state index is 13.0. The van der Waals surface area contributed by atoms with Gasteiger partial charge in [-0.1, -0.05) is 0 Å². The van der Waals surface area contributed by atoms with Gasteiger partial charge < -0.3 is 19.6 Å². The molecule has 0 spiro atoms. The standard InChI is InChI=1S/C17H14FN5O4/c18-12-3-1-11(2-4-12)15-6-19-13(5-20-15)9-26-14-7-22-8-16(23(24)25)21-17(22)27-10-14/h1-6,8,14H,7,9-10H2/t14-/m0/s1. The third-order valence-corrected chi connectivity index (χ3v) is 4.03. The van der Waals surface area contributed by atoms with E-state index in [-0.39, 0.29) is 37.0 Å². The molecule has 1 aromatic carbocycles. The molecule has 2 aromatic heterocycles. The van der Waals surface area contributed by atoms with E-state index in [1.54, 1.807) is 29.1 Å². The lowest BCUT2D eigenvalue weighted by Crippen LogP contribution is -2.32. The zero-order valence-corrected chi connectivity index (χ0v) is 14.0. The van der Waals surface area contributed by atoms with Crippen molar-refractivity contribution in [1.82, 2.24) is 19.5 Å². The topological polar surface area (TPSA) is 105 Å². The first-order valence-electron chi connectivity index (χ1n) is 8.11. The van der Waals surface area contributed by atoms with E-state index in [0.29, 0.717) is 17.9 Å². The summed E-state index contributed by atoms with van der Waals surface area (Å²) in [5.41, 5.74) is 2.03. The van der Waals surface area contributed by atoms with Gasteiger partial charge in [0.25, 0.3) is 0 Å². The minimum absolute atomic E-state index is 0.213. The normalized spacial score (nSPS) is 15.8. The number of fused-ring (bicyclic) bond motifs is 1. The molecule has 0 aliphatic carbocycles. The van der Waals surface area contributed by atoms with Gasteiger partial charge in [0.2, 0.25) is 0 Å². The van der Waals surface area contributed by atoms with Crippen molar-refractivity contribution in [1.29, 1.82) is 0 Å². The molecule has 0 saturated heterocycles. The lowest BCUT2D eigenvalue weighted by Gasteiger charge is -2.22. The molecular formula is C17H14FN5O4. The van der Waals surface area contributed by atoms with Gasteiger partial charge in [-0.15, -0.1) is 0 Å². The van der Waals surface area contributed by atoms with Crippen molar-refractivity contribution in [2.24, 2.45) is 0 Å². The largest absolute Gasteiger partial charge is 0.443 e. The van der Waals surface area contributed by atoms with Crippen molar-refractivity contribution in [2.45, 2.75) is 19.3 Å². The zero-order chi connectivity index (χ0) is 18.8. The number of ether oxygens (including phenoxy) is 2. The summed E-state index contributed by atoms with van der Waals surface area (Å²) >= 11 is 0. The van der Waals surface area contributed by atoms with Gasteiger partial charge in [-0.3, -0.25) is 14.5 Å². The second kappa shape index (κ2) is 7.08. The highest BCUT2D eigenvalue weighted by atomic mass is 19.1. The second-order valence-corrected chi connectivity index (χ2v) is 5.94. The molecule has 9 nitrogen and oxygen atoms in total. The summed E-state index contributed by atoms with van der Waals surface area (Å²) in [5, 5.41) is 10.8. The number of imidazole rings is 1. The molecule has 27 heavy (non-hydrogen) atoms. The molecule has 3 heterocycles. The van der Waals surface area contributed by atoms with Crippen LogP contribution in [0.3, 0.4) is 0 Å². The first-order chi connectivity index (χ1) is 13.1. The number of rotatable bonds is 5. The van der Waals surface area contributed by atoms with E-state index in [4.69, 9.17) is 9.47 Å². The lowest BCUT2D eigenvalue weighted by molar-refractivity contribution is -0.389. The van der Waals surface area contributed by atoms with Crippen LogP contribution >= 0.6 is 0 Å². The smallest absolute Gasteiger partial charge is 0.414 e. The molecule has 3 aromatic rings. The third kappa shape index (κ3) is 3.75. The maximum Gasteiger partial charge on any atom is 0.414 e. The molecule has 10 heteroatoms. The maximum atomic E-state index is 13.0.